The molecular formula is C12H14F2N2O4. The molecule has 0 saturated heterocycles. The van der Waals surface area contributed by atoms with Gasteiger partial charge in [0.1, 0.15) is 5.75 Å². The number of urea groups is 1. The molecule has 8 heteroatoms. The molecule has 1 rings (SSSR count). The number of rotatable bonds is 6. The lowest BCUT2D eigenvalue weighted by Gasteiger charge is -2.13. The molecule has 0 aliphatic rings. The summed E-state index contributed by atoms with van der Waals surface area (Å²) in [6.07, 6.45) is -0.200. The van der Waals surface area contributed by atoms with E-state index >= 15 is 0 Å². The molecule has 1 aromatic rings. The minimum atomic E-state index is -2.91. The highest BCUT2D eigenvalue weighted by atomic mass is 19.3. The maximum absolute atomic E-state index is 11.9. The number of benzene rings is 1. The minimum absolute atomic E-state index is 0.0230. The minimum Gasteiger partial charge on any atom is -0.481 e. The lowest BCUT2D eigenvalue weighted by molar-refractivity contribution is -0.137. The van der Waals surface area contributed by atoms with Gasteiger partial charge >= 0.3 is 18.6 Å². The van der Waals surface area contributed by atoms with Gasteiger partial charge in [0.2, 0.25) is 0 Å². The van der Waals surface area contributed by atoms with Gasteiger partial charge in [0.15, 0.2) is 0 Å². The van der Waals surface area contributed by atoms with E-state index in [-0.39, 0.29) is 12.2 Å². The van der Waals surface area contributed by atoms with Gasteiger partial charge in [-0.25, -0.2) is 4.79 Å². The maximum Gasteiger partial charge on any atom is 0.387 e. The Hall–Kier alpha value is -2.38. The summed E-state index contributed by atoms with van der Waals surface area (Å²) in [5, 5.41) is 13.4. The van der Waals surface area contributed by atoms with Crippen LogP contribution in [0.5, 0.6) is 5.75 Å². The van der Waals surface area contributed by atoms with Crippen LogP contribution < -0.4 is 15.4 Å². The van der Waals surface area contributed by atoms with Gasteiger partial charge in [-0.05, 0) is 31.2 Å². The molecule has 1 unspecified atom stereocenters. The van der Waals surface area contributed by atoms with Crippen molar-refractivity contribution in [2.75, 3.05) is 5.32 Å². The summed E-state index contributed by atoms with van der Waals surface area (Å²) in [5.74, 6) is -1.04. The Kier molecular flexibility index (Phi) is 5.70. The van der Waals surface area contributed by atoms with E-state index in [9.17, 15) is 18.4 Å². The highest BCUT2D eigenvalue weighted by molar-refractivity contribution is 5.89. The van der Waals surface area contributed by atoms with E-state index in [4.69, 9.17) is 5.11 Å². The molecule has 0 aliphatic heterocycles. The Balaban J connectivity index is 2.47. The summed E-state index contributed by atoms with van der Waals surface area (Å²) >= 11 is 0. The van der Waals surface area contributed by atoms with Gasteiger partial charge in [0, 0.05) is 11.7 Å². The van der Waals surface area contributed by atoms with Crippen molar-refractivity contribution in [1.29, 1.82) is 0 Å². The van der Waals surface area contributed by atoms with E-state index in [2.05, 4.69) is 15.4 Å². The van der Waals surface area contributed by atoms with Crippen LogP contribution >= 0.6 is 0 Å². The monoisotopic (exact) mass is 288 g/mol. The Labute approximate surface area is 113 Å². The van der Waals surface area contributed by atoms with Gasteiger partial charge in [-0.2, -0.15) is 8.78 Å². The number of carbonyl (C=O) groups is 2. The maximum atomic E-state index is 11.9. The van der Waals surface area contributed by atoms with Crippen LogP contribution in [-0.2, 0) is 4.79 Å². The zero-order chi connectivity index (χ0) is 15.1. The zero-order valence-corrected chi connectivity index (χ0v) is 10.6. The third-order valence-corrected chi connectivity index (χ3v) is 2.20. The quantitative estimate of drug-likeness (QED) is 0.749. The summed E-state index contributed by atoms with van der Waals surface area (Å²) in [5.41, 5.74) is 0.367. The van der Waals surface area contributed by atoms with Crippen molar-refractivity contribution in [3.8, 4) is 5.75 Å². The number of carboxylic acid groups (broad SMARTS) is 1. The van der Waals surface area contributed by atoms with E-state index < -0.39 is 24.7 Å². The molecule has 20 heavy (non-hydrogen) atoms. The molecule has 3 N–H and O–H groups in total. The summed E-state index contributed by atoms with van der Waals surface area (Å²) in [6.45, 7) is -1.36. The van der Waals surface area contributed by atoms with Crippen LogP contribution in [0.1, 0.15) is 13.3 Å². The smallest absolute Gasteiger partial charge is 0.387 e. The number of hydrogen-bond donors (Lipinski definition) is 3. The number of ether oxygens (including phenoxy) is 1. The van der Waals surface area contributed by atoms with Crippen molar-refractivity contribution in [1.82, 2.24) is 5.32 Å². The molecule has 0 saturated carbocycles. The molecule has 0 aromatic heterocycles. The van der Waals surface area contributed by atoms with E-state index in [0.717, 1.165) is 0 Å². The predicted molar refractivity (Wildman–Crippen MR) is 66.9 cm³/mol. The predicted octanol–water partition coefficient (Wildman–Crippen LogP) is 2.27. The molecule has 1 atom stereocenters. The van der Waals surface area contributed by atoms with Gasteiger partial charge in [-0.15, -0.1) is 0 Å². The second-order valence-electron chi connectivity index (χ2n) is 4.00. The third-order valence-electron chi connectivity index (χ3n) is 2.20. The van der Waals surface area contributed by atoms with E-state index in [1.165, 1.54) is 24.3 Å². The van der Waals surface area contributed by atoms with E-state index in [0.29, 0.717) is 5.69 Å². The first-order chi connectivity index (χ1) is 9.36. The molecule has 2 amide bonds. The Bertz CT molecular complexity index is 465. The standard InChI is InChI=1S/C12H14F2N2O4/c1-7(6-10(17)18)15-12(19)16-8-2-4-9(5-3-8)20-11(13)14/h2-5,7,11H,6H2,1H3,(H,17,18)(H2,15,16,19). The molecule has 0 spiro atoms. The van der Waals surface area contributed by atoms with E-state index in [1.54, 1.807) is 6.92 Å². The van der Waals surface area contributed by atoms with Crippen LogP contribution in [0, 0.1) is 0 Å². The highest BCUT2D eigenvalue weighted by Crippen LogP contribution is 2.17. The van der Waals surface area contributed by atoms with Crippen LogP contribution in [0.2, 0.25) is 0 Å². The molecular weight excluding hydrogens is 274 g/mol. The van der Waals surface area contributed by atoms with Crippen molar-refractivity contribution in [2.24, 2.45) is 0 Å². The van der Waals surface area contributed by atoms with Gasteiger partial charge in [0.05, 0.1) is 6.42 Å². The number of amides is 2. The molecule has 0 fully saturated rings. The summed E-state index contributed by atoms with van der Waals surface area (Å²) in [4.78, 5) is 21.9. The second-order valence-corrected chi connectivity index (χ2v) is 4.00. The van der Waals surface area contributed by atoms with Crippen molar-refractivity contribution < 1.29 is 28.2 Å². The van der Waals surface area contributed by atoms with Gasteiger partial charge < -0.3 is 20.5 Å². The van der Waals surface area contributed by atoms with Gasteiger partial charge in [-0.1, -0.05) is 0 Å². The summed E-state index contributed by atoms with van der Waals surface area (Å²) in [7, 11) is 0. The topological polar surface area (TPSA) is 87.7 Å². The third kappa shape index (κ3) is 5.98. The molecule has 0 bridgehead atoms. The fourth-order valence-corrected chi connectivity index (χ4v) is 1.42. The Morgan fingerprint density at radius 3 is 2.40 bits per heavy atom. The van der Waals surface area contributed by atoms with E-state index in [1.807, 2.05) is 0 Å². The fraction of sp³-hybridized carbons (Fsp3) is 0.333. The number of anilines is 1. The number of nitrogens with one attached hydrogen (secondary N) is 2. The van der Waals surface area contributed by atoms with Crippen molar-refractivity contribution in [2.45, 2.75) is 26.0 Å². The first kappa shape index (κ1) is 15.7. The summed E-state index contributed by atoms with van der Waals surface area (Å²) in [6, 6.07) is 4.22. The number of halogens is 2. The first-order valence-electron chi connectivity index (χ1n) is 5.71. The molecule has 0 aliphatic carbocycles. The number of hydrogen-bond acceptors (Lipinski definition) is 3. The Morgan fingerprint density at radius 1 is 1.30 bits per heavy atom. The van der Waals surface area contributed by atoms with Crippen LogP contribution in [0.25, 0.3) is 0 Å². The van der Waals surface area contributed by atoms with Crippen LogP contribution in [0.3, 0.4) is 0 Å². The van der Waals surface area contributed by atoms with Crippen molar-refractivity contribution >= 4 is 17.7 Å². The first-order valence-corrected chi connectivity index (χ1v) is 5.71. The van der Waals surface area contributed by atoms with Crippen molar-refractivity contribution in [3.05, 3.63) is 24.3 Å². The lowest BCUT2D eigenvalue weighted by Crippen LogP contribution is -2.37. The van der Waals surface area contributed by atoms with Crippen LogP contribution in [-0.4, -0.2) is 29.8 Å². The average molecular weight is 288 g/mol. The summed E-state index contributed by atoms with van der Waals surface area (Å²) < 4.78 is 28.0. The molecule has 6 nitrogen and oxygen atoms in total. The SMILES string of the molecule is CC(CC(=O)O)NC(=O)Nc1ccc(OC(F)F)cc1. The number of aliphatic carboxylic acids is 1. The highest BCUT2D eigenvalue weighted by Gasteiger charge is 2.11. The normalized spacial score (nSPS) is 11.8. The van der Waals surface area contributed by atoms with Crippen LogP contribution in [0.4, 0.5) is 19.3 Å². The number of carbonyl (C=O) groups excluding carboxylic acids is 1. The average Bonchev–Trinajstić information content (AvgIpc) is 2.29. The number of carboxylic acids is 1. The number of alkyl halides is 2. The molecule has 1 aromatic carbocycles. The van der Waals surface area contributed by atoms with Crippen molar-refractivity contribution in [3.63, 3.8) is 0 Å². The molecule has 110 valence electrons. The lowest BCUT2D eigenvalue weighted by atomic mass is 10.2. The largest absolute Gasteiger partial charge is 0.481 e. The Morgan fingerprint density at radius 2 is 1.90 bits per heavy atom. The second kappa shape index (κ2) is 7.27. The zero-order valence-electron chi connectivity index (χ0n) is 10.6. The molecule has 0 heterocycles. The fourth-order valence-electron chi connectivity index (χ4n) is 1.42. The molecule has 0 radical (unpaired) electrons. The van der Waals surface area contributed by atoms with Gasteiger partial charge in [-0.3, -0.25) is 4.79 Å². The van der Waals surface area contributed by atoms with Gasteiger partial charge in [0.25, 0.3) is 0 Å². The van der Waals surface area contributed by atoms with Crippen LogP contribution in [0.15, 0.2) is 24.3 Å².